The summed E-state index contributed by atoms with van der Waals surface area (Å²) in [5, 5.41) is 10.7. The van der Waals surface area contributed by atoms with E-state index in [9.17, 15) is 14.7 Å². The van der Waals surface area contributed by atoms with Gasteiger partial charge in [0.15, 0.2) is 0 Å². The largest absolute Gasteiger partial charge is 0.454 e. The Balaban J connectivity index is 1.78. The van der Waals surface area contributed by atoms with Crippen LogP contribution in [0.3, 0.4) is 0 Å². The lowest BCUT2D eigenvalue weighted by Crippen LogP contribution is -2.50. The van der Waals surface area contributed by atoms with Gasteiger partial charge in [-0.1, -0.05) is 32.1 Å². The smallest absolute Gasteiger partial charge is 0.316 e. The van der Waals surface area contributed by atoms with Gasteiger partial charge in [-0.2, -0.15) is 0 Å². The number of carbonyl (C=O) groups is 2. The van der Waals surface area contributed by atoms with Gasteiger partial charge in [0.2, 0.25) is 0 Å². The highest BCUT2D eigenvalue weighted by Crippen LogP contribution is 2.79. The molecule has 1 aliphatic heterocycles. The number of hydrogen-bond donors (Lipinski definition) is 1. The Kier molecular flexibility index (Phi) is 2.91. The van der Waals surface area contributed by atoms with E-state index in [1.165, 1.54) is 5.57 Å². The van der Waals surface area contributed by atoms with E-state index < -0.39 is 17.1 Å². The number of carbonyl (C=O) groups excluding carboxylic acids is 2. The van der Waals surface area contributed by atoms with Crippen LogP contribution in [0.2, 0.25) is 0 Å². The predicted molar refractivity (Wildman–Crippen MR) is 96.0 cm³/mol. The highest BCUT2D eigenvalue weighted by atomic mass is 16.6. The Hall–Kier alpha value is -1.42. The molecule has 0 radical (unpaired) electrons. The van der Waals surface area contributed by atoms with Gasteiger partial charge >= 0.3 is 5.97 Å². The van der Waals surface area contributed by atoms with E-state index in [4.69, 9.17) is 4.74 Å². The molecule has 0 aromatic heterocycles. The van der Waals surface area contributed by atoms with E-state index in [-0.39, 0.29) is 40.3 Å². The molecule has 140 valence electrons. The molecular weight excluding hydrogens is 328 g/mol. The molecule has 2 unspecified atom stereocenters. The standard InChI is InChI=1S/C22H28O4/c1-5-13(23)16-17-20(4)15(24)7-9-22(17,26-18(20)25)14-6-8-19(3)11-21(14,16)10-12(19)2/h7,9,14-17,24H,2,5-6,8,10-11H2,1,3-4H3/t14-,15+,16+,17?,19?,20-,21+,22-/m1/s1. The third-order valence-electron chi connectivity index (χ3n) is 8.98. The minimum absolute atomic E-state index is 0.0827. The quantitative estimate of drug-likeness (QED) is 0.610. The average Bonchev–Trinajstić information content (AvgIpc) is 3.02. The third-order valence-corrected chi connectivity index (χ3v) is 8.98. The first-order valence-corrected chi connectivity index (χ1v) is 9.97. The van der Waals surface area contributed by atoms with Crippen LogP contribution in [0, 0.1) is 34.0 Å². The molecule has 4 fully saturated rings. The van der Waals surface area contributed by atoms with E-state index in [2.05, 4.69) is 13.5 Å². The number of esters is 1. The van der Waals surface area contributed by atoms with E-state index in [0.717, 1.165) is 25.7 Å². The number of allylic oxidation sites excluding steroid dienone is 1. The van der Waals surface area contributed by atoms with Crippen molar-refractivity contribution >= 4 is 11.8 Å². The lowest BCUT2D eigenvalue weighted by molar-refractivity contribution is -0.159. The average molecular weight is 356 g/mol. The second-order valence-electron chi connectivity index (χ2n) is 9.95. The Labute approximate surface area is 154 Å². The first-order chi connectivity index (χ1) is 12.2. The first-order valence-electron chi connectivity index (χ1n) is 9.97. The topological polar surface area (TPSA) is 63.6 Å². The fourth-order valence-corrected chi connectivity index (χ4v) is 7.78. The Morgan fingerprint density at radius 2 is 2.15 bits per heavy atom. The van der Waals surface area contributed by atoms with Crippen LogP contribution in [-0.4, -0.2) is 28.6 Å². The molecule has 4 aliphatic carbocycles. The number of aliphatic hydroxyl groups is 1. The maximum absolute atomic E-state index is 13.3. The highest BCUT2D eigenvalue weighted by Gasteiger charge is 2.82. The molecule has 0 amide bonds. The summed E-state index contributed by atoms with van der Waals surface area (Å²) in [6.45, 7) is 10.4. The number of fused-ring (bicyclic) bond motifs is 1. The molecule has 4 heteroatoms. The van der Waals surface area contributed by atoms with E-state index in [1.807, 2.05) is 19.9 Å². The normalized spacial score (nSPS) is 56.3. The van der Waals surface area contributed by atoms with E-state index >= 15 is 0 Å². The van der Waals surface area contributed by atoms with Crippen LogP contribution in [-0.2, 0) is 14.3 Å². The van der Waals surface area contributed by atoms with Gasteiger partial charge in [0.1, 0.15) is 16.8 Å². The number of rotatable bonds is 2. The van der Waals surface area contributed by atoms with Crippen molar-refractivity contribution in [3.05, 3.63) is 24.3 Å². The van der Waals surface area contributed by atoms with Crippen LogP contribution >= 0.6 is 0 Å². The van der Waals surface area contributed by atoms with Gasteiger partial charge in [-0.25, -0.2) is 0 Å². The zero-order valence-electron chi connectivity index (χ0n) is 15.9. The Bertz CT molecular complexity index is 783. The molecule has 8 atom stereocenters. The number of aliphatic hydroxyl groups excluding tert-OH is 1. The summed E-state index contributed by atoms with van der Waals surface area (Å²) < 4.78 is 6.11. The first kappa shape index (κ1) is 16.7. The minimum Gasteiger partial charge on any atom is -0.454 e. The van der Waals surface area contributed by atoms with Crippen molar-refractivity contribution in [1.29, 1.82) is 0 Å². The maximum atomic E-state index is 13.3. The van der Waals surface area contributed by atoms with Gasteiger partial charge in [0, 0.05) is 24.2 Å². The predicted octanol–water partition coefficient (Wildman–Crippen LogP) is 3.20. The van der Waals surface area contributed by atoms with Gasteiger partial charge in [0.25, 0.3) is 0 Å². The van der Waals surface area contributed by atoms with Crippen molar-refractivity contribution in [2.45, 2.75) is 64.6 Å². The fraction of sp³-hybridized carbons (Fsp3) is 0.727. The minimum atomic E-state index is -1.03. The van der Waals surface area contributed by atoms with Crippen molar-refractivity contribution in [2.24, 2.45) is 34.0 Å². The van der Waals surface area contributed by atoms with Gasteiger partial charge in [-0.15, -0.1) is 0 Å². The van der Waals surface area contributed by atoms with Crippen LogP contribution < -0.4 is 0 Å². The zero-order chi connectivity index (χ0) is 18.7. The third kappa shape index (κ3) is 1.47. The molecule has 5 rings (SSSR count). The number of Topliss-reactive ketones (excluding diaryl/α,β-unsaturated/α-hetero) is 1. The summed E-state index contributed by atoms with van der Waals surface area (Å²) in [7, 11) is 0. The summed E-state index contributed by atoms with van der Waals surface area (Å²) in [6.07, 6.45) is 7.03. The lowest BCUT2D eigenvalue weighted by Gasteiger charge is -2.45. The lowest BCUT2D eigenvalue weighted by atomic mass is 9.58. The summed E-state index contributed by atoms with van der Waals surface area (Å²) in [5.41, 5.74) is -0.610. The Morgan fingerprint density at radius 1 is 1.42 bits per heavy atom. The monoisotopic (exact) mass is 356 g/mol. The van der Waals surface area contributed by atoms with Crippen molar-refractivity contribution in [2.75, 3.05) is 0 Å². The number of ether oxygens (including phenoxy) is 1. The van der Waals surface area contributed by atoms with Crippen molar-refractivity contribution in [3.8, 4) is 0 Å². The molecule has 1 spiro atoms. The molecule has 26 heavy (non-hydrogen) atoms. The van der Waals surface area contributed by atoms with Gasteiger partial charge in [-0.05, 0) is 49.5 Å². The van der Waals surface area contributed by atoms with Crippen LogP contribution in [0.1, 0.15) is 52.9 Å². The summed E-state index contributed by atoms with van der Waals surface area (Å²) in [4.78, 5) is 26.2. The van der Waals surface area contributed by atoms with E-state index in [0.29, 0.717) is 6.42 Å². The van der Waals surface area contributed by atoms with Gasteiger partial charge in [0.05, 0.1) is 6.10 Å². The summed E-state index contributed by atoms with van der Waals surface area (Å²) >= 11 is 0. The zero-order valence-corrected chi connectivity index (χ0v) is 15.9. The number of ketones is 1. The second-order valence-corrected chi connectivity index (χ2v) is 9.95. The summed E-state index contributed by atoms with van der Waals surface area (Å²) in [5.74, 6) is -0.496. The van der Waals surface area contributed by atoms with Crippen molar-refractivity contribution < 1.29 is 19.4 Å². The van der Waals surface area contributed by atoms with E-state index in [1.54, 1.807) is 6.08 Å². The van der Waals surface area contributed by atoms with Crippen molar-refractivity contribution in [1.82, 2.24) is 0 Å². The molecule has 5 aliphatic rings. The maximum Gasteiger partial charge on any atom is 0.316 e. The fourth-order valence-electron chi connectivity index (χ4n) is 7.78. The molecule has 4 bridgehead atoms. The Morgan fingerprint density at radius 3 is 2.85 bits per heavy atom. The summed E-state index contributed by atoms with van der Waals surface area (Å²) in [6, 6.07) is 0. The highest BCUT2D eigenvalue weighted by molar-refractivity contribution is 5.89. The van der Waals surface area contributed by atoms with Crippen LogP contribution in [0.15, 0.2) is 24.3 Å². The second kappa shape index (κ2) is 4.52. The molecule has 0 aromatic rings. The van der Waals surface area contributed by atoms with Gasteiger partial charge in [-0.3, -0.25) is 9.59 Å². The molecule has 1 N–H and O–H groups in total. The molecule has 1 heterocycles. The van der Waals surface area contributed by atoms with Crippen LogP contribution in [0.4, 0.5) is 0 Å². The number of hydrogen-bond acceptors (Lipinski definition) is 4. The van der Waals surface area contributed by atoms with Crippen molar-refractivity contribution in [3.63, 3.8) is 0 Å². The van der Waals surface area contributed by atoms with Crippen LogP contribution in [0.25, 0.3) is 0 Å². The molecule has 1 saturated heterocycles. The molecular formula is C22H28O4. The van der Waals surface area contributed by atoms with Crippen LogP contribution in [0.5, 0.6) is 0 Å². The molecule has 3 saturated carbocycles. The van der Waals surface area contributed by atoms with Gasteiger partial charge < -0.3 is 9.84 Å². The molecule has 0 aromatic carbocycles. The SMILES string of the molecule is C=C1C[C@]23CC1(C)CC[C@H]2[C@@]12C=C[C@H](O)[C@@](C)(C(=O)O1)C2[C@@H]3C(=O)CC. The molecule has 4 nitrogen and oxygen atoms in total.